The van der Waals surface area contributed by atoms with Crippen LogP contribution in [0.3, 0.4) is 0 Å². The number of amides is 1. The maximum atomic E-state index is 13.1. The lowest BCUT2D eigenvalue weighted by atomic mass is 9.99. The molecule has 1 aliphatic heterocycles. The Morgan fingerprint density at radius 3 is 2.50 bits per heavy atom. The van der Waals surface area contributed by atoms with Crippen molar-refractivity contribution in [2.75, 3.05) is 31.1 Å². The maximum Gasteiger partial charge on any atom is 0.417 e. The van der Waals surface area contributed by atoms with Gasteiger partial charge in [0.15, 0.2) is 5.78 Å². The lowest BCUT2D eigenvalue weighted by Crippen LogP contribution is -2.49. The molecule has 34 heavy (non-hydrogen) atoms. The van der Waals surface area contributed by atoms with Crippen LogP contribution in [-0.2, 0) is 17.4 Å². The normalized spacial score (nSPS) is 14.6. The molecule has 0 unspecified atom stereocenters. The third-order valence-corrected chi connectivity index (χ3v) is 7.15. The molecule has 0 bridgehead atoms. The lowest BCUT2D eigenvalue weighted by molar-refractivity contribution is -0.138. The summed E-state index contributed by atoms with van der Waals surface area (Å²) in [6.07, 6.45) is -1.84. The molecule has 1 saturated heterocycles. The Hall–Kier alpha value is -3.01. The molecule has 10 heteroatoms. The van der Waals surface area contributed by atoms with Crippen molar-refractivity contribution in [1.29, 1.82) is 0 Å². The maximum absolute atomic E-state index is 13.1. The minimum atomic E-state index is -4.59. The highest BCUT2D eigenvalue weighted by atomic mass is 32.1. The number of hydrogen-bond acceptors (Lipinski definition) is 6. The van der Waals surface area contributed by atoms with Gasteiger partial charge in [-0.2, -0.15) is 13.2 Å². The van der Waals surface area contributed by atoms with Crippen LogP contribution in [0.1, 0.15) is 47.0 Å². The van der Waals surface area contributed by atoms with Crippen LogP contribution >= 0.6 is 11.3 Å². The standard InChI is InChI=1S/C24H25F3N4O2S/c1-2-16-14-18-22(28-15-29-23(18)34-16)31-12-10-30(11-13-31)21(33)9-5-8-20(32)17-6-3-4-7-19(17)24(25,26)27/h3-4,6-7,14-15H,2,5,8-13H2,1H3. The average Bonchev–Trinajstić information content (AvgIpc) is 3.27. The molecule has 0 N–H and O–H groups in total. The predicted molar refractivity (Wildman–Crippen MR) is 125 cm³/mol. The molecule has 180 valence electrons. The zero-order valence-electron chi connectivity index (χ0n) is 18.8. The van der Waals surface area contributed by atoms with Crippen molar-refractivity contribution in [1.82, 2.24) is 14.9 Å². The smallest absolute Gasteiger partial charge is 0.352 e. The number of hydrogen-bond donors (Lipinski definition) is 0. The fourth-order valence-corrected chi connectivity index (χ4v) is 5.08. The topological polar surface area (TPSA) is 66.4 Å². The van der Waals surface area contributed by atoms with Gasteiger partial charge in [0, 0.05) is 49.5 Å². The molecule has 0 spiro atoms. The first-order valence-corrected chi connectivity index (χ1v) is 12.0. The molecule has 2 aromatic heterocycles. The number of rotatable bonds is 7. The number of nitrogens with zero attached hydrogens (tertiary/aromatic N) is 4. The summed E-state index contributed by atoms with van der Waals surface area (Å²) in [4.78, 5) is 39.9. The molecule has 6 nitrogen and oxygen atoms in total. The van der Waals surface area contributed by atoms with Crippen LogP contribution in [0.4, 0.5) is 19.0 Å². The summed E-state index contributed by atoms with van der Waals surface area (Å²) < 4.78 is 39.4. The fourth-order valence-electron chi connectivity index (χ4n) is 4.15. The Labute approximate surface area is 199 Å². The molecular weight excluding hydrogens is 465 g/mol. The number of halogens is 3. The van der Waals surface area contributed by atoms with E-state index in [1.54, 1.807) is 22.6 Å². The van der Waals surface area contributed by atoms with Gasteiger partial charge >= 0.3 is 6.18 Å². The Balaban J connectivity index is 1.30. The molecule has 1 aliphatic rings. The van der Waals surface area contributed by atoms with Gasteiger partial charge < -0.3 is 9.80 Å². The summed E-state index contributed by atoms with van der Waals surface area (Å²) in [5, 5.41) is 1.03. The number of piperazine rings is 1. The Bertz CT molecular complexity index is 1190. The van der Waals surface area contributed by atoms with E-state index in [-0.39, 0.29) is 30.7 Å². The first kappa shape index (κ1) is 24.1. The van der Waals surface area contributed by atoms with Crippen molar-refractivity contribution in [3.8, 4) is 0 Å². The van der Waals surface area contributed by atoms with Gasteiger partial charge in [0.25, 0.3) is 0 Å². The van der Waals surface area contributed by atoms with Crippen LogP contribution in [0, 0.1) is 0 Å². The number of Topliss-reactive ketones (excluding diaryl/α,β-unsaturated/α-hetero) is 1. The summed E-state index contributed by atoms with van der Waals surface area (Å²) in [6.45, 7) is 4.42. The predicted octanol–water partition coefficient (Wildman–Crippen LogP) is 4.97. The molecular formula is C24H25F3N4O2S. The Morgan fingerprint density at radius 1 is 1.06 bits per heavy atom. The highest BCUT2D eigenvalue weighted by Crippen LogP contribution is 2.33. The number of fused-ring (bicyclic) bond motifs is 1. The van der Waals surface area contributed by atoms with Gasteiger partial charge in [0.2, 0.25) is 5.91 Å². The average molecular weight is 491 g/mol. The van der Waals surface area contributed by atoms with Crippen molar-refractivity contribution in [2.45, 2.75) is 38.8 Å². The fraction of sp³-hybridized carbons (Fsp3) is 0.417. The van der Waals surface area contributed by atoms with Crippen LogP contribution in [0.2, 0.25) is 0 Å². The third-order valence-electron chi connectivity index (χ3n) is 5.97. The zero-order chi connectivity index (χ0) is 24.3. The monoisotopic (exact) mass is 490 g/mol. The second-order valence-electron chi connectivity index (χ2n) is 8.17. The number of aryl methyl sites for hydroxylation is 1. The van der Waals surface area contributed by atoms with Crippen molar-refractivity contribution < 1.29 is 22.8 Å². The first-order chi connectivity index (χ1) is 16.3. The molecule has 1 aromatic carbocycles. The molecule has 3 aromatic rings. The van der Waals surface area contributed by atoms with E-state index in [0.29, 0.717) is 26.2 Å². The molecule has 4 rings (SSSR count). The highest BCUT2D eigenvalue weighted by Gasteiger charge is 2.34. The minimum absolute atomic E-state index is 0.0896. The van der Waals surface area contributed by atoms with Gasteiger partial charge in [-0.3, -0.25) is 9.59 Å². The van der Waals surface area contributed by atoms with E-state index in [9.17, 15) is 22.8 Å². The van der Waals surface area contributed by atoms with Crippen LogP contribution < -0.4 is 4.90 Å². The van der Waals surface area contributed by atoms with E-state index in [1.807, 2.05) is 0 Å². The molecule has 0 atom stereocenters. The molecule has 3 heterocycles. The first-order valence-electron chi connectivity index (χ1n) is 11.2. The molecule has 0 radical (unpaired) electrons. The largest absolute Gasteiger partial charge is 0.417 e. The molecule has 1 amide bonds. The number of ketones is 1. The Kier molecular flexibility index (Phi) is 7.16. The van der Waals surface area contributed by atoms with Gasteiger partial charge in [-0.05, 0) is 25.0 Å². The van der Waals surface area contributed by atoms with E-state index >= 15 is 0 Å². The van der Waals surface area contributed by atoms with Crippen molar-refractivity contribution in [3.63, 3.8) is 0 Å². The highest BCUT2D eigenvalue weighted by molar-refractivity contribution is 7.18. The van der Waals surface area contributed by atoms with Crippen molar-refractivity contribution in [2.24, 2.45) is 0 Å². The van der Waals surface area contributed by atoms with Crippen molar-refractivity contribution >= 4 is 39.1 Å². The Morgan fingerprint density at radius 2 is 1.79 bits per heavy atom. The second-order valence-corrected chi connectivity index (χ2v) is 9.29. The van der Waals surface area contributed by atoms with E-state index in [4.69, 9.17) is 0 Å². The number of benzene rings is 1. The van der Waals surface area contributed by atoms with Gasteiger partial charge in [0.1, 0.15) is 17.0 Å². The number of aromatic nitrogens is 2. The van der Waals surface area contributed by atoms with Gasteiger partial charge in [-0.1, -0.05) is 25.1 Å². The van der Waals surface area contributed by atoms with E-state index < -0.39 is 17.5 Å². The summed E-state index contributed by atoms with van der Waals surface area (Å²) in [7, 11) is 0. The number of carbonyl (C=O) groups excluding carboxylic acids is 2. The summed E-state index contributed by atoms with van der Waals surface area (Å²) in [6, 6.07) is 6.89. The summed E-state index contributed by atoms with van der Waals surface area (Å²) >= 11 is 1.66. The van der Waals surface area contributed by atoms with Gasteiger partial charge in [0.05, 0.1) is 10.9 Å². The molecule has 0 aliphatic carbocycles. The van der Waals surface area contributed by atoms with Crippen LogP contribution in [0.15, 0.2) is 36.7 Å². The van der Waals surface area contributed by atoms with Crippen LogP contribution in [0.5, 0.6) is 0 Å². The van der Waals surface area contributed by atoms with Crippen LogP contribution in [0.25, 0.3) is 10.2 Å². The van der Waals surface area contributed by atoms with E-state index in [1.165, 1.54) is 23.1 Å². The molecule has 0 saturated carbocycles. The third kappa shape index (κ3) is 5.22. The van der Waals surface area contributed by atoms with Crippen molar-refractivity contribution in [3.05, 3.63) is 52.7 Å². The quantitative estimate of drug-likeness (QED) is 0.438. The van der Waals surface area contributed by atoms with Gasteiger partial charge in [-0.25, -0.2) is 9.97 Å². The second kappa shape index (κ2) is 10.1. The van der Waals surface area contributed by atoms with E-state index in [2.05, 4.69) is 27.9 Å². The SMILES string of the molecule is CCc1cc2c(N3CCN(C(=O)CCCC(=O)c4ccccc4C(F)(F)F)CC3)ncnc2s1. The summed E-state index contributed by atoms with van der Waals surface area (Å²) in [5.74, 6) is 0.190. The number of alkyl halides is 3. The van der Waals surface area contributed by atoms with E-state index in [0.717, 1.165) is 28.5 Å². The minimum Gasteiger partial charge on any atom is -0.352 e. The number of thiophene rings is 1. The molecule has 1 fully saturated rings. The summed E-state index contributed by atoms with van der Waals surface area (Å²) in [5.41, 5.74) is -1.27. The van der Waals surface area contributed by atoms with Crippen LogP contribution in [-0.4, -0.2) is 52.7 Å². The number of carbonyl (C=O) groups is 2. The lowest BCUT2D eigenvalue weighted by Gasteiger charge is -2.35. The van der Waals surface area contributed by atoms with Gasteiger partial charge in [-0.15, -0.1) is 11.3 Å². The zero-order valence-corrected chi connectivity index (χ0v) is 19.6. The number of anilines is 1.